The van der Waals surface area contributed by atoms with Crippen LogP contribution in [0, 0.1) is 0 Å². The van der Waals surface area contributed by atoms with E-state index >= 15 is 0 Å². The average Bonchev–Trinajstić information content (AvgIpc) is 3.00. The van der Waals surface area contributed by atoms with Crippen LogP contribution in [0.1, 0.15) is 22.6 Å². The first-order valence-corrected chi connectivity index (χ1v) is 15.2. The maximum atomic E-state index is 13.0. The van der Waals surface area contributed by atoms with Crippen molar-refractivity contribution in [2.24, 2.45) is 0 Å². The molecule has 1 aliphatic rings. The van der Waals surface area contributed by atoms with E-state index in [4.69, 9.17) is 4.42 Å². The van der Waals surface area contributed by atoms with Crippen LogP contribution in [0.25, 0.3) is 44.0 Å². The summed E-state index contributed by atoms with van der Waals surface area (Å²) in [6.45, 7) is 0. The van der Waals surface area contributed by atoms with Crippen LogP contribution >= 0.6 is 0 Å². The lowest BCUT2D eigenvalue weighted by Crippen LogP contribution is -2.27. The third kappa shape index (κ3) is 4.68. The molecule has 1 aromatic heterocycles. The molecule has 5 aromatic carbocycles. The summed E-state index contributed by atoms with van der Waals surface area (Å²) in [5, 5.41) is 1.08. The predicted molar refractivity (Wildman–Crippen MR) is 165 cm³/mol. The Bertz CT molecular complexity index is 2220. The van der Waals surface area contributed by atoms with Gasteiger partial charge in [0.25, 0.3) is 0 Å². The molecule has 214 valence electrons. The summed E-state index contributed by atoms with van der Waals surface area (Å²) in [4.78, 5) is 12.9. The molecule has 1 unspecified atom stereocenters. The van der Waals surface area contributed by atoms with Crippen LogP contribution in [0.15, 0.2) is 118 Å². The molecule has 0 radical (unpaired) electrons. The molecule has 1 heterocycles. The lowest BCUT2D eigenvalue weighted by atomic mass is 9.75. The highest BCUT2D eigenvalue weighted by atomic mass is 32.2. The van der Waals surface area contributed by atoms with Gasteiger partial charge in [-0.3, -0.25) is 0 Å². The van der Waals surface area contributed by atoms with Crippen LogP contribution in [0.5, 0.6) is 5.75 Å². The number of halogens is 3. The van der Waals surface area contributed by atoms with E-state index in [9.17, 15) is 22.2 Å². The van der Waals surface area contributed by atoms with E-state index in [0.717, 1.165) is 29.2 Å². The molecular formula is C35H23F3O4S. The summed E-state index contributed by atoms with van der Waals surface area (Å²) in [6, 6.07) is 34.6. The van der Waals surface area contributed by atoms with E-state index in [1.165, 1.54) is 34.4 Å². The molecule has 43 heavy (non-hydrogen) atoms. The van der Waals surface area contributed by atoms with Crippen molar-refractivity contribution in [3.63, 3.8) is 0 Å². The number of fused-ring (bicyclic) bond motifs is 6. The molecule has 7 rings (SSSR count). The summed E-state index contributed by atoms with van der Waals surface area (Å²) >= 11 is 0. The smallest absolute Gasteiger partial charge is 0.422 e. The van der Waals surface area contributed by atoms with Gasteiger partial charge >= 0.3 is 11.1 Å². The monoisotopic (exact) mass is 596 g/mol. The third-order valence-corrected chi connectivity index (χ3v) is 9.13. The highest BCUT2D eigenvalue weighted by Crippen LogP contribution is 2.44. The summed E-state index contributed by atoms with van der Waals surface area (Å²) in [5.74, 6) is 2.53. The van der Waals surface area contributed by atoms with Crippen LogP contribution in [0.4, 0.5) is 13.2 Å². The van der Waals surface area contributed by atoms with Gasteiger partial charge < -0.3 is 8.60 Å². The van der Waals surface area contributed by atoms with Crippen molar-refractivity contribution >= 4 is 37.4 Å². The Kier molecular flexibility index (Phi) is 6.21. The van der Waals surface area contributed by atoms with E-state index in [1.54, 1.807) is 6.07 Å². The fourth-order valence-electron chi connectivity index (χ4n) is 5.89. The largest absolute Gasteiger partial charge is 0.496 e. The van der Waals surface area contributed by atoms with Gasteiger partial charge in [-0.25, -0.2) is 9.00 Å². The Balaban J connectivity index is 1.28. The number of alkyl halides is 3. The molecule has 1 aliphatic carbocycles. The van der Waals surface area contributed by atoms with Gasteiger partial charge in [0.15, 0.2) is 0 Å². The average molecular weight is 597 g/mol. The van der Waals surface area contributed by atoms with E-state index in [2.05, 4.69) is 70.7 Å². The first-order valence-electron chi connectivity index (χ1n) is 13.5. The van der Waals surface area contributed by atoms with Crippen molar-refractivity contribution in [1.29, 1.82) is 0 Å². The lowest BCUT2D eigenvalue weighted by molar-refractivity contribution is -0.0446. The highest BCUT2D eigenvalue weighted by Gasteiger charge is 2.42. The zero-order chi connectivity index (χ0) is 29.9. The van der Waals surface area contributed by atoms with Crippen molar-refractivity contribution < 1.29 is 26.0 Å². The van der Waals surface area contributed by atoms with Gasteiger partial charge in [-0.05, 0) is 87.6 Å². The molecule has 0 N–H and O–H groups in total. The molecule has 0 bridgehead atoms. The topological polar surface area (TPSA) is 56.5 Å². The predicted octanol–water partition coefficient (Wildman–Crippen LogP) is 8.50. The van der Waals surface area contributed by atoms with Gasteiger partial charge in [0, 0.05) is 16.7 Å². The van der Waals surface area contributed by atoms with E-state index in [0.29, 0.717) is 16.4 Å². The Morgan fingerprint density at radius 2 is 1.47 bits per heavy atom. The van der Waals surface area contributed by atoms with Crippen molar-refractivity contribution in [1.82, 2.24) is 0 Å². The summed E-state index contributed by atoms with van der Waals surface area (Å²) in [7, 11) is -4.89. The van der Waals surface area contributed by atoms with Crippen LogP contribution in [0.2, 0.25) is 0 Å². The van der Waals surface area contributed by atoms with Crippen molar-refractivity contribution in [2.45, 2.75) is 17.8 Å². The fourth-order valence-corrected chi connectivity index (χ4v) is 6.40. The second kappa shape index (κ2) is 9.88. The zero-order valence-electron chi connectivity index (χ0n) is 22.6. The maximum absolute atomic E-state index is 13.0. The van der Waals surface area contributed by atoms with Crippen molar-refractivity contribution in [3.05, 3.63) is 136 Å². The second-order valence-corrected chi connectivity index (χ2v) is 12.4. The molecule has 6 aromatic rings. The van der Waals surface area contributed by atoms with Crippen LogP contribution in [0.3, 0.4) is 0 Å². The molecule has 0 saturated heterocycles. The molecule has 0 fully saturated rings. The second-order valence-electron chi connectivity index (χ2n) is 10.6. The highest BCUT2D eigenvalue weighted by molar-refractivity contribution is 7.97. The summed E-state index contributed by atoms with van der Waals surface area (Å²) < 4.78 is 61.1. The zero-order valence-corrected chi connectivity index (χ0v) is 23.4. The first-order chi connectivity index (χ1) is 20.6. The van der Waals surface area contributed by atoms with Gasteiger partial charge in [-0.2, -0.15) is 13.2 Å². The lowest BCUT2D eigenvalue weighted by Gasteiger charge is -2.28. The molecule has 0 saturated carbocycles. The SMILES string of the molecule is C=S(=O)(Oc1ccc2c(c1)c(=O)oc1cc(-c3ccc4c(c3)-c3ccccc3[C@@H](c3ccccc3)C4)ccc12)C(F)(F)F. The quantitative estimate of drug-likeness (QED) is 0.116. The molecular weight excluding hydrogens is 573 g/mol. The maximum Gasteiger partial charge on any atom is 0.496 e. The normalized spacial score (nSPS) is 15.9. The Morgan fingerprint density at radius 1 is 0.767 bits per heavy atom. The molecule has 4 nitrogen and oxygen atoms in total. The molecule has 0 amide bonds. The molecule has 2 atom stereocenters. The Labute approximate surface area is 245 Å². The van der Waals surface area contributed by atoms with E-state index in [-0.39, 0.29) is 11.3 Å². The minimum absolute atomic E-state index is 0.00785. The number of benzene rings is 5. The van der Waals surface area contributed by atoms with Crippen LogP contribution in [-0.4, -0.2) is 15.6 Å². The van der Waals surface area contributed by atoms with Gasteiger partial charge in [0.1, 0.15) is 11.3 Å². The Hall–Kier alpha value is -4.82. The van der Waals surface area contributed by atoms with Gasteiger partial charge in [-0.1, -0.05) is 72.8 Å². The number of hydrogen-bond donors (Lipinski definition) is 0. The summed E-state index contributed by atoms with van der Waals surface area (Å²) in [5.41, 5.74) is 2.39. The molecule has 0 spiro atoms. The minimum atomic E-state index is -5.16. The van der Waals surface area contributed by atoms with E-state index < -0.39 is 26.7 Å². The van der Waals surface area contributed by atoms with E-state index in [1.807, 2.05) is 24.3 Å². The Morgan fingerprint density at radius 3 is 2.26 bits per heavy atom. The van der Waals surface area contributed by atoms with Crippen LogP contribution in [-0.2, 0) is 16.2 Å². The fraction of sp³-hybridized carbons (Fsp3) is 0.0857. The molecule has 8 heteroatoms. The van der Waals surface area contributed by atoms with Gasteiger partial charge in [0.2, 0.25) is 9.80 Å². The molecule has 0 aliphatic heterocycles. The first kappa shape index (κ1) is 27.0. The van der Waals surface area contributed by atoms with Gasteiger partial charge in [-0.15, -0.1) is 0 Å². The number of rotatable bonds is 4. The van der Waals surface area contributed by atoms with Crippen molar-refractivity contribution in [3.8, 4) is 28.0 Å². The van der Waals surface area contributed by atoms with Gasteiger partial charge in [0.05, 0.1) is 5.39 Å². The minimum Gasteiger partial charge on any atom is -0.422 e. The standard InChI is InChI=1S/C35H23F3O4S/c1-43(40,35(36,37)38)42-25-14-16-28-29-15-13-23(19-33(29)41-34(39)32(28)20-25)22-11-12-24-18-30(21-7-3-2-4-8-21)26-9-5-6-10-27(26)31(24)17-22/h2-17,19-20,30H,1,18H2/t30-,43?/m1/s1. The van der Waals surface area contributed by atoms with Crippen molar-refractivity contribution in [2.75, 3.05) is 0 Å². The van der Waals surface area contributed by atoms with Crippen LogP contribution < -0.4 is 9.81 Å². The summed E-state index contributed by atoms with van der Waals surface area (Å²) in [6.07, 6.45) is 0.882. The number of hydrogen-bond acceptors (Lipinski definition) is 4. The third-order valence-electron chi connectivity index (χ3n) is 7.96.